The Morgan fingerprint density at radius 1 is 2.00 bits per heavy atom. The highest BCUT2D eigenvalue weighted by atomic mass is 79.9. The Morgan fingerprint density at radius 2 is 2.50 bits per heavy atom. The van der Waals surface area contributed by atoms with Crippen LogP contribution in [0.4, 0.5) is 0 Å². The van der Waals surface area contributed by atoms with Crippen LogP contribution >= 0.6 is 27.5 Å². The van der Waals surface area contributed by atoms with Gasteiger partial charge in [0, 0.05) is 18.8 Å². The fraction of sp³-hybridized carbons (Fsp3) is 0.250. The van der Waals surface area contributed by atoms with E-state index in [4.69, 9.17) is 11.6 Å². The zero-order valence-electron chi connectivity index (χ0n) is 4.43. The van der Waals surface area contributed by atoms with E-state index in [-0.39, 0.29) is 0 Å². The molecule has 8 heavy (non-hydrogen) atoms. The molecule has 0 aliphatic carbocycles. The topological polar surface area (TPSA) is 15.6 Å². The van der Waals surface area contributed by atoms with E-state index in [2.05, 4.69) is 27.7 Å². The van der Waals surface area contributed by atoms with Crippen LogP contribution in [0.2, 0.25) is 0 Å². The fourth-order valence-corrected chi connectivity index (χ4v) is 0.488. The van der Waals surface area contributed by atoms with Crippen molar-refractivity contribution in [2.75, 3.05) is 7.05 Å². The predicted octanol–water partition coefficient (Wildman–Crippen LogP) is 1.97. The molecule has 0 amide bonds. The van der Waals surface area contributed by atoms with Crippen molar-refractivity contribution in [3.8, 4) is 0 Å². The average molecular weight is 197 g/mol. The van der Waals surface area contributed by atoms with Crippen LogP contribution in [0, 0.1) is 0 Å². The van der Waals surface area contributed by atoms with Crippen molar-refractivity contribution in [2.24, 2.45) is 5.10 Å². The summed E-state index contributed by atoms with van der Waals surface area (Å²) in [5, 5.41) is 5.45. The largest absolute Gasteiger partial charge is 0.257 e. The molecule has 0 N–H and O–H groups in total. The number of nitrogens with zero attached hydrogens (tertiary/aromatic N) is 2. The summed E-state index contributed by atoms with van der Waals surface area (Å²) in [6, 6.07) is 0. The maximum atomic E-state index is 5.52. The molecule has 0 aromatic rings. The highest BCUT2D eigenvalue weighted by Gasteiger charge is 1.92. The van der Waals surface area contributed by atoms with Gasteiger partial charge in [0.05, 0.1) is 0 Å². The normalized spacial score (nSPS) is 11.1. The molecule has 0 aromatic carbocycles. The Balaban J connectivity index is 3.81. The maximum absolute atomic E-state index is 5.52. The number of hydrazone groups is 1. The summed E-state index contributed by atoms with van der Waals surface area (Å²) < 4.78 is 0. The summed E-state index contributed by atoms with van der Waals surface area (Å²) in [6.45, 7) is 3.26. The second-order valence-electron chi connectivity index (χ2n) is 1.10. The highest BCUT2D eigenvalue weighted by molar-refractivity contribution is 9.11. The molecule has 0 aliphatic heterocycles. The number of hydrogen-bond donors (Lipinski definition) is 0. The molecule has 4 heteroatoms. The van der Waals surface area contributed by atoms with Gasteiger partial charge in [0.2, 0.25) is 0 Å². The van der Waals surface area contributed by atoms with Gasteiger partial charge in [-0.1, -0.05) is 27.5 Å². The van der Waals surface area contributed by atoms with E-state index < -0.39 is 0 Å². The van der Waals surface area contributed by atoms with E-state index in [1.54, 1.807) is 12.0 Å². The molecule has 0 bridgehead atoms. The van der Waals surface area contributed by atoms with Gasteiger partial charge in [-0.05, 0) is 0 Å². The number of hydrogen-bond acceptors (Lipinski definition) is 2. The minimum atomic E-state index is 0.500. The first-order chi connectivity index (χ1) is 3.72. The van der Waals surface area contributed by atoms with E-state index >= 15 is 0 Å². The van der Waals surface area contributed by atoms with Crippen LogP contribution in [0.25, 0.3) is 0 Å². The lowest BCUT2D eigenvalue weighted by atomic mass is 10.9. The van der Waals surface area contributed by atoms with Crippen molar-refractivity contribution < 1.29 is 0 Å². The van der Waals surface area contributed by atoms with Crippen LogP contribution < -0.4 is 0 Å². The summed E-state index contributed by atoms with van der Waals surface area (Å²) in [5.74, 6) is 0. The molecule has 0 aromatic heterocycles. The second-order valence-corrected chi connectivity index (χ2v) is 1.94. The molecule has 0 spiro atoms. The van der Waals surface area contributed by atoms with Crippen molar-refractivity contribution in [3.05, 3.63) is 10.1 Å². The van der Waals surface area contributed by atoms with E-state index in [0.717, 1.165) is 0 Å². The molecule has 46 valence electrons. The molecule has 0 aliphatic rings. The second kappa shape index (κ2) is 3.92. The zero-order valence-corrected chi connectivity index (χ0v) is 6.78. The van der Waals surface area contributed by atoms with Gasteiger partial charge in [0.15, 0.2) is 0 Å². The first kappa shape index (κ1) is 7.98. The van der Waals surface area contributed by atoms with Gasteiger partial charge in [-0.3, -0.25) is 5.01 Å². The molecular formula is C4H6BrClN2. The van der Waals surface area contributed by atoms with E-state index in [1.165, 1.54) is 5.01 Å². The van der Waals surface area contributed by atoms with Gasteiger partial charge in [-0.2, -0.15) is 5.10 Å². The average Bonchev–Trinajstić information content (AvgIpc) is 1.84. The van der Waals surface area contributed by atoms with Crippen molar-refractivity contribution in [3.63, 3.8) is 0 Å². The van der Waals surface area contributed by atoms with E-state index in [0.29, 0.717) is 5.16 Å². The molecule has 0 atom stereocenters. The monoisotopic (exact) mass is 196 g/mol. The first-order valence-electron chi connectivity index (χ1n) is 1.88. The van der Waals surface area contributed by atoms with Crippen LogP contribution in [0.3, 0.4) is 0 Å². The third kappa shape index (κ3) is 2.33. The third-order valence-corrected chi connectivity index (χ3v) is 1.66. The number of rotatable bonds is 2. The molecule has 0 rings (SSSR count). The first-order valence-corrected chi connectivity index (χ1v) is 3.18. The molecule has 0 radical (unpaired) electrons. The Bertz CT molecular complexity index is 113. The smallest absolute Gasteiger partial charge is 0.131 e. The molecule has 0 unspecified atom stereocenters. The number of halogens is 2. The summed E-state index contributed by atoms with van der Waals surface area (Å²) in [4.78, 5) is 1.56. The van der Waals surface area contributed by atoms with Crippen LogP contribution in [0.15, 0.2) is 15.2 Å². The lowest BCUT2D eigenvalue weighted by molar-refractivity contribution is 0.481. The highest BCUT2D eigenvalue weighted by Crippen LogP contribution is 2.08. The van der Waals surface area contributed by atoms with Gasteiger partial charge in [-0.15, -0.1) is 0 Å². The summed E-state index contributed by atoms with van der Waals surface area (Å²) in [7, 11) is 1.70. The minimum Gasteiger partial charge on any atom is -0.257 e. The molecular weight excluding hydrogens is 191 g/mol. The molecule has 0 heterocycles. The van der Waals surface area contributed by atoms with E-state index in [9.17, 15) is 0 Å². The summed E-state index contributed by atoms with van der Waals surface area (Å²) >= 11 is 8.55. The predicted molar refractivity (Wildman–Crippen MR) is 40.2 cm³/mol. The molecule has 2 nitrogen and oxygen atoms in total. The molecule has 0 fully saturated rings. The van der Waals surface area contributed by atoms with Gasteiger partial charge >= 0.3 is 0 Å². The van der Waals surface area contributed by atoms with Crippen LogP contribution in [-0.2, 0) is 0 Å². The van der Waals surface area contributed by atoms with Crippen LogP contribution in [0.1, 0.15) is 0 Å². The third-order valence-electron chi connectivity index (χ3n) is 0.611. The standard InChI is InChI=1S/C4H6BrClN2/c1-7-8(2)4(6)3-5/h3H,1H2,2H3/b4-3-. The van der Waals surface area contributed by atoms with Crippen molar-refractivity contribution >= 4 is 34.2 Å². The minimum absolute atomic E-state index is 0.500. The Kier molecular flexibility index (Phi) is 3.91. The summed E-state index contributed by atoms with van der Waals surface area (Å²) in [5.41, 5.74) is 0. The summed E-state index contributed by atoms with van der Waals surface area (Å²) in [6.07, 6.45) is 0. The van der Waals surface area contributed by atoms with Crippen LogP contribution in [0.5, 0.6) is 0 Å². The molecule has 0 saturated heterocycles. The Morgan fingerprint density at radius 3 is 2.62 bits per heavy atom. The van der Waals surface area contributed by atoms with Gasteiger partial charge in [-0.25, -0.2) is 0 Å². The van der Waals surface area contributed by atoms with Crippen LogP contribution in [-0.4, -0.2) is 18.8 Å². The SMILES string of the molecule is C=NN(C)/C(Cl)=C\Br. The van der Waals surface area contributed by atoms with Crippen molar-refractivity contribution in [1.82, 2.24) is 5.01 Å². The fourth-order valence-electron chi connectivity index (χ4n) is 0.138. The van der Waals surface area contributed by atoms with Gasteiger partial charge in [0.1, 0.15) is 5.16 Å². The lowest BCUT2D eigenvalue weighted by Gasteiger charge is -2.07. The van der Waals surface area contributed by atoms with E-state index in [1.807, 2.05) is 0 Å². The zero-order chi connectivity index (χ0) is 6.57. The van der Waals surface area contributed by atoms with Gasteiger partial charge in [0.25, 0.3) is 0 Å². The molecule has 0 saturated carbocycles. The van der Waals surface area contributed by atoms with Crippen molar-refractivity contribution in [1.29, 1.82) is 0 Å². The maximum Gasteiger partial charge on any atom is 0.131 e. The van der Waals surface area contributed by atoms with Gasteiger partial charge < -0.3 is 0 Å². The lowest BCUT2D eigenvalue weighted by Crippen LogP contribution is -2.03. The Labute approximate surface area is 61.9 Å². The Hall–Kier alpha value is -0.0200. The quantitative estimate of drug-likeness (QED) is 0.375. The van der Waals surface area contributed by atoms with Crippen molar-refractivity contribution in [2.45, 2.75) is 0 Å².